The SMILES string of the molecule is CCC1(C)CC(CN)(N(C)CC2CC3CCC2C3)CCO1. The highest BCUT2D eigenvalue weighted by molar-refractivity contribution is 5.01. The van der Waals surface area contributed by atoms with Crippen LogP contribution in [-0.2, 0) is 4.74 Å². The number of hydrogen-bond acceptors (Lipinski definition) is 3. The van der Waals surface area contributed by atoms with E-state index in [1.807, 2.05) is 0 Å². The van der Waals surface area contributed by atoms with Crippen LogP contribution >= 0.6 is 0 Å². The minimum absolute atomic E-state index is 0.0144. The van der Waals surface area contributed by atoms with Gasteiger partial charge in [-0.2, -0.15) is 0 Å². The van der Waals surface area contributed by atoms with E-state index < -0.39 is 0 Å². The molecule has 5 atom stereocenters. The van der Waals surface area contributed by atoms with Gasteiger partial charge in [0.2, 0.25) is 0 Å². The molecule has 3 heteroatoms. The zero-order chi connectivity index (χ0) is 15.1. The predicted octanol–water partition coefficient (Wildman–Crippen LogP) is 3.03. The molecular formula is C18H34N2O. The molecule has 3 aliphatic rings. The van der Waals surface area contributed by atoms with Gasteiger partial charge in [-0.25, -0.2) is 0 Å². The van der Waals surface area contributed by atoms with E-state index in [4.69, 9.17) is 10.5 Å². The zero-order valence-corrected chi connectivity index (χ0v) is 14.2. The van der Waals surface area contributed by atoms with Crippen molar-refractivity contribution < 1.29 is 4.74 Å². The third kappa shape index (κ3) is 2.89. The van der Waals surface area contributed by atoms with Crippen LogP contribution in [0.25, 0.3) is 0 Å². The maximum Gasteiger partial charge on any atom is 0.0670 e. The molecule has 0 aromatic heterocycles. The molecule has 0 aromatic carbocycles. The van der Waals surface area contributed by atoms with Crippen LogP contribution in [0.2, 0.25) is 0 Å². The Morgan fingerprint density at radius 1 is 1.29 bits per heavy atom. The van der Waals surface area contributed by atoms with Gasteiger partial charge in [-0.3, -0.25) is 4.90 Å². The molecule has 1 saturated heterocycles. The molecule has 122 valence electrons. The topological polar surface area (TPSA) is 38.5 Å². The highest BCUT2D eigenvalue weighted by Gasteiger charge is 2.46. The van der Waals surface area contributed by atoms with Gasteiger partial charge in [0.25, 0.3) is 0 Å². The summed E-state index contributed by atoms with van der Waals surface area (Å²) in [5.41, 5.74) is 6.44. The van der Waals surface area contributed by atoms with Gasteiger partial charge in [0.05, 0.1) is 5.60 Å². The minimum Gasteiger partial charge on any atom is -0.375 e. The molecule has 0 spiro atoms. The summed E-state index contributed by atoms with van der Waals surface area (Å²) in [6.07, 6.45) is 9.21. The Labute approximate surface area is 130 Å². The lowest BCUT2D eigenvalue weighted by Gasteiger charge is -2.51. The fourth-order valence-electron chi connectivity index (χ4n) is 5.35. The van der Waals surface area contributed by atoms with Crippen LogP contribution in [0.4, 0.5) is 0 Å². The Morgan fingerprint density at radius 2 is 2.10 bits per heavy atom. The van der Waals surface area contributed by atoms with E-state index in [2.05, 4.69) is 25.8 Å². The number of hydrogen-bond donors (Lipinski definition) is 1. The summed E-state index contributed by atoms with van der Waals surface area (Å²) in [5, 5.41) is 0. The second kappa shape index (κ2) is 5.82. The highest BCUT2D eigenvalue weighted by Crippen LogP contribution is 2.49. The molecule has 2 aliphatic carbocycles. The Morgan fingerprint density at radius 3 is 2.67 bits per heavy atom. The number of fused-ring (bicyclic) bond motifs is 2. The van der Waals surface area contributed by atoms with Crippen molar-refractivity contribution in [2.75, 3.05) is 26.7 Å². The predicted molar refractivity (Wildman–Crippen MR) is 87.2 cm³/mol. The summed E-state index contributed by atoms with van der Waals surface area (Å²) in [6.45, 7) is 7.38. The largest absolute Gasteiger partial charge is 0.375 e. The first kappa shape index (κ1) is 15.8. The molecule has 0 aromatic rings. The van der Waals surface area contributed by atoms with Crippen molar-refractivity contribution in [3.8, 4) is 0 Å². The van der Waals surface area contributed by atoms with Crippen LogP contribution in [0.3, 0.4) is 0 Å². The average Bonchev–Trinajstić information content (AvgIpc) is 3.09. The van der Waals surface area contributed by atoms with E-state index in [9.17, 15) is 0 Å². The first-order valence-electron chi connectivity index (χ1n) is 9.05. The lowest BCUT2D eigenvalue weighted by molar-refractivity contribution is -0.127. The summed E-state index contributed by atoms with van der Waals surface area (Å²) in [7, 11) is 2.32. The van der Waals surface area contributed by atoms with Gasteiger partial charge in [0.15, 0.2) is 0 Å². The first-order chi connectivity index (χ1) is 10.0. The fourth-order valence-corrected chi connectivity index (χ4v) is 5.35. The Bertz CT molecular complexity index is 374. The number of rotatable bonds is 5. The summed E-state index contributed by atoms with van der Waals surface area (Å²) in [5.74, 6) is 2.97. The van der Waals surface area contributed by atoms with Crippen molar-refractivity contribution in [1.29, 1.82) is 0 Å². The summed E-state index contributed by atoms with van der Waals surface area (Å²) < 4.78 is 6.06. The first-order valence-corrected chi connectivity index (χ1v) is 9.05. The van der Waals surface area contributed by atoms with Crippen molar-refractivity contribution in [2.24, 2.45) is 23.5 Å². The molecule has 21 heavy (non-hydrogen) atoms. The van der Waals surface area contributed by atoms with Crippen LogP contribution in [0, 0.1) is 17.8 Å². The van der Waals surface area contributed by atoms with E-state index in [0.717, 1.165) is 50.2 Å². The van der Waals surface area contributed by atoms with E-state index in [-0.39, 0.29) is 11.1 Å². The third-order valence-electron chi connectivity index (χ3n) is 7.05. The smallest absolute Gasteiger partial charge is 0.0670 e. The third-order valence-corrected chi connectivity index (χ3v) is 7.05. The van der Waals surface area contributed by atoms with Gasteiger partial charge >= 0.3 is 0 Å². The molecule has 3 nitrogen and oxygen atoms in total. The van der Waals surface area contributed by atoms with E-state index >= 15 is 0 Å². The lowest BCUT2D eigenvalue weighted by atomic mass is 9.77. The minimum atomic E-state index is 0.0144. The van der Waals surface area contributed by atoms with Crippen molar-refractivity contribution in [2.45, 2.75) is 69.9 Å². The van der Waals surface area contributed by atoms with Crippen molar-refractivity contribution in [3.63, 3.8) is 0 Å². The Kier molecular flexibility index (Phi) is 4.37. The van der Waals surface area contributed by atoms with Crippen molar-refractivity contribution in [1.82, 2.24) is 4.90 Å². The number of nitrogens with zero attached hydrogens (tertiary/aromatic N) is 1. The van der Waals surface area contributed by atoms with E-state index in [1.54, 1.807) is 0 Å². The summed E-state index contributed by atoms with van der Waals surface area (Å²) in [6, 6.07) is 0. The van der Waals surface area contributed by atoms with Crippen molar-refractivity contribution in [3.05, 3.63) is 0 Å². The van der Waals surface area contributed by atoms with Crippen LogP contribution in [-0.4, -0.2) is 42.8 Å². The van der Waals surface area contributed by atoms with Gasteiger partial charge in [0, 0.05) is 25.2 Å². The molecular weight excluding hydrogens is 260 g/mol. The number of ether oxygens (including phenoxy) is 1. The Hall–Kier alpha value is -0.120. The van der Waals surface area contributed by atoms with Gasteiger partial charge in [0.1, 0.15) is 0 Å². The fraction of sp³-hybridized carbons (Fsp3) is 1.00. The summed E-state index contributed by atoms with van der Waals surface area (Å²) in [4.78, 5) is 2.62. The van der Waals surface area contributed by atoms with Gasteiger partial charge in [-0.15, -0.1) is 0 Å². The standard InChI is InChI=1S/C18H34N2O/c1-4-17(2)12-18(13-19,7-8-21-17)20(3)11-16-10-14-5-6-15(16)9-14/h14-16H,4-13,19H2,1-3H3. The van der Waals surface area contributed by atoms with Crippen LogP contribution in [0.15, 0.2) is 0 Å². The van der Waals surface area contributed by atoms with Crippen LogP contribution in [0.1, 0.15) is 58.8 Å². The summed E-state index contributed by atoms with van der Waals surface area (Å²) >= 11 is 0. The second-order valence-electron chi connectivity index (χ2n) is 8.32. The molecule has 0 amide bonds. The van der Waals surface area contributed by atoms with Crippen molar-refractivity contribution >= 4 is 0 Å². The maximum atomic E-state index is 6.27. The second-order valence-corrected chi connectivity index (χ2v) is 8.32. The monoisotopic (exact) mass is 294 g/mol. The van der Waals surface area contributed by atoms with Crippen LogP contribution in [0.5, 0.6) is 0 Å². The van der Waals surface area contributed by atoms with E-state index in [1.165, 1.54) is 32.2 Å². The quantitative estimate of drug-likeness (QED) is 0.847. The van der Waals surface area contributed by atoms with Gasteiger partial charge < -0.3 is 10.5 Å². The van der Waals surface area contributed by atoms with Gasteiger partial charge in [-0.1, -0.05) is 13.3 Å². The molecule has 2 bridgehead atoms. The van der Waals surface area contributed by atoms with Gasteiger partial charge in [-0.05, 0) is 70.3 Å². The molecule has 1 aliphatic heterocycles. The van der Waals surface area contributed by atoms with E-state index in [0.29, 0.717) is 0 Å². The maximum absolute atomic E-state index is 6.27. The Balaban J connectivity index is 1.67. The molecule has 2 N–H and O–H groups in total. The molecule has 2 saturated carbocycles. The van der Waals surface area contributed by atoms with Crippen LogP contribution < -0.4 is 5.73 Å². The highest BCUT2D eigenvalue weighted by atomic mass is 16.5. The molecule has 3 rings (SSSR count). The molecule has 5 unspecified atom stereocenters. The zero-order valence-electron chi connectivity index (χ0n) is 14.2. The number of nitrogens with two attached hydrogens (primary N) is 1. The molecule has 0 radical (unpaired) electrons. The molecule has 3 fully saturated rings. The normalized spacial score (nSPS) is 46.4. The molecule has 1 heterocycles. The number of likely N-dealkylation sites (N-methyl/N-ethyl adjacent to an activating group) is 1. The lowest BCUT2D eigenvalue weighted by Crippen LogP contribution is -2.60. The average molecular weight is 294 g/mol.